The summed E-state index contributed by atoms with van der Waals surface area (Å²) in [5.41, 5.74) is 11.4. The Bertz CT molecular complexity index is 536. The molecule has 0 saturated carbocycles. The topological polar surface area (TPSA) is 152 Å². The van der Waals surface area contributed by atoms with Crippen LogP contribution < -0.4 is 11.5 Å². The molecule has 12 heteroatoms. The van der Waals surface area contributed by atoms with Crippen LogP contribution in [0.15, 0.2) is 11.9 Å². The molecule has 1 saturated heterocycles. The van der Waals surface area contributed by atoms with Gasteiger partial charge >= 0.3 is 12.0 Å². The van der Waals surface area contributed by atoms with Crippen molar-refractivity contribution in [3.05, 3.63) is 18.0 Å². The number of aliphatic hydroxyl groups excluding tert-OH is 2. The Labute approximate surface area is 163 Å². The Balaban J connectivity index is 0.00000312. The fourth-order valence-corrected chi connectivity index (χ4v) is 2.29. The van der Waals surface area contributed by atoms with E-state index in [-0.39, 0.29) is 55.6 Å². The van der Waals surface area contributed by atoms with Crippen molar-refractivity contribution < 1.29 is 29.4 Å². The average Bonchev–Trinajstić information content (AvgIpc) is 2.90. The summed E-state index contributed by atoms with van der Waals surface area (Å²) in [5.74, 6) is -0.995. The number of halogens is 2. The molecule has 2 aliphatic heterocycles. The summed E-state index contributed by atoms with van der Waals surface area (Å²) < 4.78 is 5.41. The molecule has 2 heterocycles. The maximum Gasteiger partial charge on any atom is 0.361 e. The molecule has 0 aromatic rings. The predicted molar refractivity (Wildman–Crippen MR) is 95.2 cm³/mol. The number of rotatable bonds is 5. The molecule has 151 valence electrons. The molecular formula is C14H25Cl2N4O6. The molecule has 2 amide bonds. The molecule has 0 aromatic carbocycles. The third kappa shape index (κ3) is 5.12. The Morgan fingerprint density at radius 1 is 1.46 bits per heavy atom. The van der Waals surface area contributed by atoms with Crippen LogP contribution in [0, 0.1) is 12.0 Å². The van der Waals surface area contributed by atoms with Gasteiger partial charge in [0.15, 0.2) is 0 Å². The molecular weight excluding hydrogens is 391 g/mol. The molecule has 0 bridgehead atoms. The van der Waals surface area contributed by atoms with Crippen LogP contribution in [0.1, 0.15) is 20.3 Å². The van der Waals surface area contributed by atoms with Crippen molar-refractivity contribution in [3.63, 3.8) is 0 Å². The summed E-state index contributed by atoms with van der Waals surface area (Å²) in [7, 11) is 0. The summed E-state index contributed by atoms with van der Waals surface area (Å²) in [5, 5.41) is 19.5. The van der Waals surface area contributed by atoms with Crippen molar-refractivity contribution in [2.45, 2.75) is 38.6 Å². The van der Waals surface area contributed by atoms with E-state index in [0.717, 1.165) is 0 Å². The first-order valence-corrected chi connectivity index (χ1v) is 7.61. The monoisotopic (exact) mass is 415 g/mol. The molecule has 3 atom stereocenters. The van der Waals surface area contributed by atoms with Crippen molar-refractivity contribution >= 4 is 36.8 Å². The van der Waals surface area contributed by atoms with Crippen LogP contribution in [0.3, 0.4) is 0 Å². The van der Waals surface area contributed by atoms with E-state index in [1.807, 2.05) is 0 Å². The quantitative estimate of drug-likeness (QED) is 0.482. The molecule has 0 spiro atoms. The highest BCUT2D eigenvalue weighted by Crippen LogP contribution is 2.30. The van der Waals surface area contributed by atoms with Crippen LogP contribution in [0.4, 0.5) is 4.79 Å². The van der Waals surface area contributed by atoms with Gasteiger partial charge in [0.25, 0.3) is 0 Å². The van der Waals surface area contributed by atoms with Crippen LogP contribution in [0.25, 0.3) is 0 Å². The van der Waals surface area contributed by atoms with Crippen molar-refractivity contribution in [2.75, 3.05) is 13.2 Å². The molecule has 0 aliphatic carbocycles. The fraction of sp³-hybridized carbons (Fsp3) is 0.643. The number of carbonyl (C=O) groups is 2. The van der Waals surface area contributed by atoms with Gasteiger partial charge in [0, 0.05) is 13.0 Å². The third-order valence-electron chi connectivity index (χ3n) is 3.91. The predicted octanol–water partition coefficient (Wildman–Crippen LogP) is -0.179. The number of ether oxygens (including phenoxy) is 1. The first kappa shape index (κ1) is 24.7. The zero-order valence-corrected chi connectivity index (χ0v) is 16.0. The lowest BCUT2D eigenvalue weighted by Crippen LogP contribution is -2.54. The van der Waals surface area contributed by atoms with E-state index in [4.69, 9.17) is 26.1 Å². The van der Waals surface area contributed by atoms with E-state index in [9.17, 15) is 14.7 Å². The maximum absolute atomic E-state index is 12.5. The summed E-state index contributed by atoms with van der Waals surface area (Å²) in [6.45, 7) is 3.21. The van der Waals surface area contributed by atoms with E-state index < -0.39 is 37.0 Å². The number of hydrogen-bond acceptors (Lipinski definition) is 8. The molecule has 6 N–H and O–H groups in total. The van der Waals surface area contributed by atoms with Gasteiger partial charge in [0.2, 0.25) is 0 Å². The van der Waals surface area contributed by atoms with Crippen LogP contribution >= 0.6 is 24.8 Å². The minimum atomic E-state index is -0.903. The number of hydroxylamine groups is 2. The normalized spacial score (nSPS) is 24.7. The van der Waals surface area contributed by atoms with E-state index in [1.165, 1.54) is 11.0 Å². The lowest BCUT2D eigenvalue weighted by molar-refractivity contribution is -0.178. The van der Waals surface area contributed by atoms with Crippen molar-refractivity contribution in [1.29, 1.82) is 0 Å². The van der Waals surface area contributed by atoms with Crippen LogP contribution in [-0.4, -0.2) is 63.7 Å². The lowest BCUT2D eigenvalue weighted by atomic mass is 10.1. The molecule has 2 aliphatic rings. The van der Waals surface area contributed by atoms with E-state index in [0.29, 0.717) is 5.06 Å². The summed E-state index contributed by atoms with van der Waals surface area (Å²) in [4.78, 5) is 30.8. The highest BCUT2D eigenvalue weighted by Gasteiger charge is 2.43. The van der Waals surface area contributed by atoms with Gasteiger partial charge in [0.1, 0.15) is 30.3 Å². The first-order valence-electron chi connectivity index (χ1n) is 7.61. The SMILES string of the molecule is CC(C)[C@H](N)C(=O)ON1C(=O)N([C@H]2C[C](O)[C@H](CO)O2)CC=C1N.Cl.Cl. The van der Waals surface area contributed by atoms with Crippen molar-refractivity contribution in [1.82, 2.24) is 9.96 Å². The number of nitrogens with zero attached hydrogens (tertiary/aromatic N) is 2. The van der Waals surface area contributed by atoms with E-state index in [1.54, 1.807) is 13.8 Å². The summed E-state index contributed by atoms with van der Waals surface area (Å²) in [6, 6.07) is -1.62. The standard InChI is InChI=1S/C14H23N4O6.2ClH/c1-7(2)12(16)13(21)24-18-10(15)3-4-17(14(18)22)11-5-8(20)9(6-19)23-11;;/h3,7,9,11-12,19-20H,4-6,15-16H2,1-2H3;2*1H/t9-,11+,12-;;/m0../s1. The maximum atomic E-state index is 12.5. The van der Waals surface area contributed by atoms with Crippen molar-refractivity contribution in [3.8, 4) is 0 Å². The zero-order valence-electron chi connectivity index (χ0n) is 14.4. The van der Waals surface area contributed by atoms with Gasteiger partial charge in [-0.3, -0.25) is 4.90 Å². The number of amides is 2. The van der Waals surface area contributed by atoms with Gasteiger partial charge in [-0.05, 0) is 12.0 Å². The average molecular weight is 416 g/mol. The molecule has 0 aromatic heterocycles. The van der Waals surface area contributed by atoms with Crippen LogP contribution in [0.5, 0.6) is 0 Å². The Hall–Kier alpha value is -1.30. The zero-order chi connectivity index (χ0) is 18.0. The number of nitrogens with two attached hydrogens (primary N) is 2. The van der Waals surface area contributed by atoms with Gasteiger partial charge in [-0.2, -0.15) is 0 Å². The molecule has 1 fully saturated rings. The second kappa shape index (κ2) is 10.1. The minimum absolute atomic E-state index is 0. The Morgan fingerprint density at radius 3 is 2.58 bits per heavy atom. The molecule has 2 rings (SSSR count). The Kier molecular flexibility index (Phi) is 9.64. The second-order valence-corrected chi connectivity index (χ2v) is 6.00. The number of hydrogen-bond donors (Lipinski definition) is 4. The fourth-order valence-electron chi connectivity index (χ4n) is 2.29. The van der Waals surface area contributed by atoms with Crippen molar-refractivity contribution in [2.24, 2.45) is 17.4 Å². The largest absolute Gasteiger partial charge is 0.394 e. The van der Waals surface area contributed by atoms with Gasteiger partial charge in [0.05, 0.1) is 6.61 Å². The highest BCUT2D eigenvalue weighted by atomic mass is 35.5. The van der Waals surface area contributed by atoms with Gasteiger partial charge in [-0.25, -0.2) is 9.59 Å². The summed E-state index contributed by atoms with van der Waals surface area (Å²) in [6.07, 6.45) is -0.168. The molecule has 10 nitrogen and oxygen atoms in total. The van der Waals surface area contributed by atoms with Gasteiger partial charge in [-0.15, -0.1) is 29.9 Å². The molecule has 26 heavy (non-hydrogen) atoms. The van der Waals surface area contributed by atoms with E-state index in [2.05, 4.69) is 0 Å². The number of aliphatic hydroxyl groups is 2. The first-order chi connectivity index (χ1) is 11.3. The van der Waals surface area contributed by atoms with Gasteiger partial charge < -0.3 is 31.3 Å². The lowest BCUT2D eigenvalue weighted by Gasteiger charge is -2.35. The number of urea groups is 1. The number of carbonyl (C=O) groups excluding carboxylic acids is 2. The molecule has 1 radical (unpaired) electrons. The smallest absolute Gasteiger partial charge is 0.361 e. The minimum Gasteiger partial charge on any atom is -0.394 e. The van der Waals surface area contributed by atoms with E-state index >= 15 is 0 Å². The molecule has 0 unspecified atom stereocenters. The van der Waals surface area contributed by atoms with Gasteiger partial charge in [-0.1, -0.05) is 13.8 Å². The second-order valence-electron chi connectivity index (χ2n) is 6.00. The summed E-state index contributed by atoms with van der Waals surface area (Å²) >= 11 is 0. The highest BCUT2D eigenvalue weighted by molar-refractivity contribution is 5.85. The van der Waals surface area contributed by atoms with Crippen LogP contribution in [-0.2, 0) is 14.4 Å². The Morgan fingerprint density at radius 2 is 2.08 bits per heavy atom. The van der Waals surface area contributed by atoms with Crippen LogP contribution in [0.2, 0.25) is 0 Å². The third-order valence-corrected chi connectivity index (χ3v) is 3.91.